The van der Waals surface area contributed by atoms with Gasteiger partial charge >= 0.3 is 0 Å². The molecule has 3 atom stereocenters. The zero-order chi connectivity index (χ0) is 25.4. The highest BCUT2D eigenvalue weighted by Crippen LogP contribution is 2.43. The molecule has 3 aromatic rings. The third kappa shape index (κ3) is 4.43. The van der Waals surface area contributed by atoms with Crippen LogP contribution in [0, 0.1) is 0 Å². The fourth-order valence-corrected chi connectivity index (χ4v) is 6.04. The largest absolute Gasteiger partial charge is 0.497 e. The third-order valence-corrected chi connectivity index (χ3v) is 7.98. The molecule has 3 aliphatic rings. The Morgan fingerprint density at radius 2 is 1.78 bits per heavy atom. The number of carbonyl (C=O) groups is 1. The number of carbonyl (C=O) groups excluding carboxylic acids is 1. The number of hydrogen-bond donors (Lipinski definition) is 1. The fraction of sp³-hybridized carbons (Fsp3) is 0.367. The molecule has 192 valence electrons. The van der Waals surface area contributed by atoms with E-state index in [1.165, 1.54) is 5.56 Å². The van der Waals surface area contributed by atoms with Crippen LogP contribution < -0.4 is 14.2 Å². The van der Waals surface area contributed by atoms with Crippen molar-refractivity contribution in [1.29, 1.82) is 0 Å². The van der Waals surface area contributed by atoms with E-state index in [9.17, 15) is 9.90 Å². The third-order valence-electron chi connectivity index (χ3n) is 7.98. The highest BCUT2D eigenvalue weighted by Gasteiger charge is 2.49. The van der Waals surface area contributed by atoms with E-state index in [0.717, 1.165) is 42.8 Å². The first kappa shape index (κ1) is 23.8. The van der Waals surface area contributed by atoms with E-state index in [0.29, 0.717) is 23.6 Å². The molecule has 0 spiro atoms. The van der Waals surface area contributed by atoms with Gasteiger partial charge in [-0.1, -0.05) is 36.4 Å². The Labute approximate surface area is 217 Å². The summed E-state index contributed by atoms with van der Waals surface area (Å²) in [5.74, 6) is 2.31. The number of methoxy groups -OCH3 is 1. The molecule has 3 aliphatic heterocycles. The summed E-state index contributed by atoms with van der Waals surface area (Å²) >= 11 is 0. The Morgan fingerprint density at radius 3 is 2.59 bits per heavy atom. The molecule has 0 saturated carbocycles. The zero-order valence-corrected chi connectivity index (χ0v) is 21.0. The van der Waals surface area contributed by atoms with Crippen LogP contribution in [-0.2, 0) is 0 Å². The van der Waals surface area contributed by atoms with Gasteiger partial charge in [-0.05, 0) is 66.4 Å². The normalized spacial score (nSPS) is 23.0. The minimum absolute atomic E-state index is 0.0136. The summed E-state index contributed by atoms with van der Waals surface area (Å²) < 4.78 is 16.3. The van der Waals surface area contributed by atoms with Gasteiger partial charge in [0.15, 0.2) is 11.5 Å². The van der Waals surface area contributed by atoms with Crippen molar-refractivity contribution in [2.75, 3.05) is 40.1 Å². The van der Waals surface area contributed by atoms with Crippen LogP contribution in [0.2, 0.25) is 0 Å². The molecule has 3 aromatic carbocycles. The van der Waals surface area contributed by atoms with Gasteiger partial charge in [0.05, 0.1) is 13.7 Å². The molecule has 2 fully saturated rings. The molecule has 37 heavy (non-hydrogen) atoms. The monoisotopic (exact) mass is 500 g/mol. The number of aliphatic hydroxyl groups excluding tert-OH is 1. The van der Waals surface area contributed by atoms with Gasteiger partial charge in [0.1, 0.15) is 5.75 Å². The number of benzene rings is 3. The summed E-state index contributed by atoms with van der Waals surface area (Å²) in [5.41, 5.74) is 4.04. The average molecular weight is 501 g/mol. The van der Waals surface area contributed by atoms with Gasteiger partial charge in [0.2, 0.25) is 6.79 Å². The molecule has 7 heteroatoms. The molecule has 0 aromatic heterocycles. The summed E-state index contributed by atoms with van der Waals surface area (Å²) in [4.78, 5) is 17.9. The van der Waals surface area contributed by atoms with E-state index in [1.807, 2.05) is 35.2 Å². The number of rotatable bonds is 5. The Kier molecular flexibility index (Phi) is 6.49. The summed E-state index contributed by atoms with van der Waals surface area (Å²) in [5, 5.41) is 10.3. The summed E-state index contributed by atoms with van der Waals surface area (Å²) in [6, 6.07) is 22.3. The van der Waals surface area contributed by atoms with Crippen LogP contribution in [-0.4, -0.2) is 73.0 Å². The molecule has 0 unspecified atom stereocenters. The van der Waals surface area contributed by atoms with Crippen molar-refractivity contribution < 1.29 is 24.1 Å². The zero-order valence-electron chi connectivity index (χ0n) is 21.0. The van der Waals surface area contributed by atoms with Crippen molar-refractivity contribution >= 4 is 5.91 Å². The Morgan fingerprint density at radius 1 is 0.973 bits per heavy atom. The number of hydrogen-bond acceptors (Lipinski definition) is 6. The Bertz CT molecular complexity index is 1280. The first-order valence-corrected chi connectivity index (χ1v) is 13.0. The SMILES string of the molecule is COc1cccc(-c2ccc([C@@H]3[C@H](CO)N4CCCCN(C(=O)c5ccc6c(c5)OCO6)C[C@@H]34)cc2)c1. The maximum atomic E-state index is 13.5. The number of amides is 1. The van der Waals surface area contributed by atoms with E-state index < -0.39 is 0 Å². The molecule has 7 nitrogen and oxygen atoms in total. The molecule has 3 heterocycles. The van der Waals surface area contributed by atoms with E-state index in [-0.39, 0.29) is 37.3 Å². The van der Waals surface area contributed by atoms with Crippen LogP contribution in [0.25, 0.3) is 11.1 Å². The average Bonchev–Trinajstić information content (AvgIpc) is 3.40. The van der Waals surface area contributed by atoms with Crippen molar-refractivity contribution in [3.63, 3.8) is 0 Å². The lowest BCUT2D eigenvalue weighted by Gasteiger charge is -2.57. The van der Waals surface area contributed by atoms with Crippen LogP contribution >= 0.6 is 0 Å². The van der Waals surface area contributed by atoms with Crippen molar-refractivity contribution in [2.45, 2.75) is 30.8 Å². The van der Waals surface area contributed by atoms with Gasteiger partial charge in [-0.15, -0.1) is 0 Å². The van der Waals surface area contributed by atoms with Crippen LogP contribution in [0.4, 0.5) is 0 Å². The summed E-state index contributed by atoms with van der Waals surface area (Å²) in [6.45, 7) is 2.60. The topological polar surface area (TPSA) is 71.5 Å². The Balaban J connectivity index is 1.24. The van der Waals surface area contributed by atoms with E-state index in [4.69, 9.17) is 14.2 Å². The van der Waals surface area contributed by atoms with Crippen molar-refractivity contribution in [2.24, 2.45) is 0 Å². The lowest BCUT2D eigenvalue weighted by molar-refractivity contribution is -0.0606. The van der Waals surface area contributed by atoms with E-state index >= 15 is 0 Å². The Hall–Kier alpha value is -3.55. The van der Waals surface area contributed by atoms with Crippen molar-refractivity contribution in [1.82, 2.24) is 9.80 Å². The number of ether oxygens (including phenoxy) is 3. The smallest absolute Gasteiger partial charge is 0.254 e. The molecular formula is C30H32N2O5. The van der Waals surface area contributed by atoms with Gasteiger partial charge in [-0.2, -0.15) is 0 Å². The predicted molar refractivity (Wildman–Crippen MR) is 140 cm³/mol. The van der Waals surface area contributed by atoms with Crippen LogP contribution in [0.15, 0.2) is 66.7 Å². The van der Waals surface area contributed by atoms with Crippen molar-refractivity contribution in [3.05, 3.63) is 77.9 Å². The van der Waals surface area contributed by atoms with Gasteiger partial charge in [0, 0.05) is 36.7 Å². The lowest BCUT2D eigenvalue weighted by atomic mass is 9.74. The molecular weight excluding hydrogens is 468 g/mol. The molecule has 1 amide bonds. The van der Waals surface area contributed by atoms with Crippen molar-refractivity contribution in [3.8, 4) is 28.4 Å². The molecule has 6 rings (SSSR count). The molecule has 0 radical (unpaired) electrons. The molecule has 2 saturated heterocycles. The molecule has 1 N–H and O–H groups in total. The predicted octanol–water partition coefficient (Wildman–Crippen LogP) is 4.16. The standard InChI is InChI=1S/C30H32N2O5/c1-35-24-6-4-5-22(15-24)20-7-9-21(10-8-20)29-25-17-31(13-2-3-14-32(25)26(29)18-33)30(34)23-11-12-27-28(16-23)37-19-36-27/h4-12,15-16,25-26,29,33H,2-3,13-14,17-19H2,1H3/t25-,26-,29-/m0/s1. The lowest BCUT2D eigenvalue weighted by Crippen LogP contribution is -2.67. The molecule has 0 bridgehead atoms. The minimum atomic E-state index is 0.0136. The van der Waals surface area contributed by atoms with Crippen LogP contribution in [0.5, 0.6) is 17.2 Å². The second-order valence-electron chi connectivity index (χ2n) is 9.96. The highest BCUT2D eigenvalue weighted by molar-refractivity contribution is 5.95. The number of fused-ring (bicyclic) bond motifs is 2. The first-order chi connectivity index (χ1) is 18.2. The quantitative estimate of drug-likeness (QED) is 0.568. The van der Waals surface area contributed by atoms with Gasteiger partial charge in [0.25, 0.3) is 5.91 Å². The number of aliphatic hydroxyl groups is 1. The first-order valence-electron chi connectivity index (χ1n) is 13.0. The fourth-order valence-electron chi connectivity index (χ4n) is 6.04. The van der Waals surface area contributed by atoms with Gasteiger partial charge in [-0.3, -0.25) is 9.69 Å². The van der Waals surface area contributed by atoms with Crippen LogP contribution in [0.3, 0.4) is 0 Å². The van der Waals surface area contributed by atoms with Gasteiger partial charge < -0.3 is 24.2 Å². The highest BCUT2D eigenvalue weighted by atomic mass is 16.7. The van der Waals surface area contributed by atoms with Crippen LogP contribution in [0.1, 0.15) is 34.7 Å². The van der Waals surface area contributed by atoms with E-state index in [2.05, 4.69) is 35.2 Å². The maximum Gasteiger partial charge on any atom is 0.254 e. The second kappa shape index (κ2) is 10.1. The van der Waals surface area contributed by atoms with Gasteiger partial charge in [-0.25, -0.2) is 0 Å². The molecule has 0 aliphatic carbocycles. The second-order valence-corrected chi connectivity index (χ2v) is 9.96. The maximum absolute atomic E-state index is 13.5. The number of nitrogens with zero attached hydrogens (tertiary/aromatic N) is 2. The summed E-state index contributed by atoms with van der Waals surface area (Å²) in [6.07, 6.45) is 1.94. The minimum Gasteiger partial charge on any atom is -0.497 e. The summed E-state index contributed by atoms with van der Waals surface area (Å²) in [7, 11) is 1.68. The van der Waals surface area contributed by atoms with E-state index in [1.54, 1.807) is 13.2 Å².